The molecule has 1 aromatic rings. The zero-order valence-electron chi connectivity index (χ0n) is 10.6. The van der Waals surface area contributed by atoms with E-state index in [1.54, 1.807) is 4.88 Å². The molecule has 2 aliphatic rings. The highest BCUT2D eigenvalue weighted by molar-refractivity contribution is 7.12. The highest BCUT2D eigenvalue weighted by Crippen LogP contribution is 2.30. The van der Waals surface area contributed by atoms with Crippen molar-refractivity contribution < 1.29 is 4.79 Å². The normalized spacial score (nSPS) is 19.8. The van der Waals surface area contributed by atoms with E-state index < -0.39 is 0 Å². The fourth-order valence-corrected chi connectivity index (χ4v) is 4.08. The van der Waals surface area contributed by atoms with Crippen LogP contribution in [0.1, 0.15) is 34.6 Å². The van der Waals surface area contributed by atoms with E-state index >= 15 is 0 Å². The van der Waals surface area contributed by atoms with Crippen molar-refractivity contribution in [1.82, 2.24) is 10.6 Å². The van der Waals surface area contributed by atoms with E-state index in [0.717, 1.165) is 32.5 Å². The van der Waals surface area contributed by atoms with Gasteiger partial charge in [-0.15, -0.1) is 11.3 Å². The first-order valence-electron chi connectivity index (χ1n) is 6.92. The Balaban J connectivity index is 1.52. The molecule has 0 saturated carbocycles. The Bertz CT molecular complexity index is 414. The number of carbonyl (C=O) groups excluding carboxylic acids is 1. The second-order valence-electron chi connectivity index (χ2n) is 5.26. The standard InChI is InChI=1S/C14H20N2OS/c17-14(10-4-6-15-7-5-10)16-9-12-8-11-2-1-3-13(11)18-12/h8,10,15H,1-7,9H2,(H,16,17). The number of nitrogens with one attached hydrogen (secondary N) is 2. The largest absolute Gasteiger partial charge is 0.351 e. The Morgan fingerprint density at radius 3 is 3.00 bits per heavy atom. The highest BCUT2D eigenvalue weighted by Gasteiger charge is 2.21. The lowest BCUT2D eigenvalue weighted by molar-refractivity contribution is -0.125. The molecule has 0 radical (unpaired) electrons. The molecule has 3 rings (SSSR count). The minimum atomic E-state index is 0.220. The number of aryl methyl sites for hydroxylation is 2. The lowest BCUT2D eigenvalue weighted by Gasteiger charge is -2.21. The van der Waals surface area contributed by atoms with Crippen LogP contribution in [0.25, 0.3) is 0 Å². The monoisotopic (exact) mass is 264 g/mol. The van der Waals surface area contributed by atoms with Gasteiger partial charge in [-0.3, -0.25) is 4.79 Å². The van der Waals surface area contributed by atoms with Crippen molar-refractivity contribution in [3.05, 3.63) is 21.4 Å². The van der Waals surface area contributed by atoms with Crippen LogP contribution < -0.4 is 10.6 Å². The van der Waals surface area contributed by atoms with E-state index in [4.69, 9.17) is 0 Å². The van der Waals surface area contributed by atoms with E-state index in [0.29, 0.717) is 0 Å². The summed E-state index contributed by atoms with van der Waals surface area (Å²) in [6.07, 6.45) is 5.73. The number of thiophene rings is 1. The Morgan fingerprint density at radius 2 is 2.22 bits per heavy atom. The number of hydrogen-bond acceptors (Lipinski definition) is 3. The zero-order valence-corrected chi connectivity index (χ0v) is 11.4. The smallest absolute Gasteiger partial charge is 0.223 e. The van der Waals surface area contributed by atoms with Gasteiger partial charge < -0.3 is 10.6 Å². The van der Waals surface area contributed by atoms with Crippen LogP contribution in [-0.2, 0) is 24.2 Å². The van der Waals surface area contributed by atoms with Gasteiger partial charge in [0.15, 0.2) is 0 Å². The first-order chi connectivity index (χ1) is 8.83. The highest BCUT2D eigenvalue weighted by atomic mass is 32.1. The number of amides is 1. The second-order valence-corrected chi connectivity index (χ2v) is 6.48. The van der Waals surface area contributed by atoms with Gasteiger partial charge >= 0.3 is 0 Å². The summed E-state index contributed by atoms with van der Waals surface area (Å²) in [7, 11) is 0. The van der Waals surface area contributed by atoms with E-state index in [2.05, 4.69) is 16.7 Å². The molecule has 1 saturated heterocycles. The molecular weight excluding hydrogens is 244 g/mol. The summed E-state index contributed by atoms with van der Waals surface area (Å²) < 4.78 is 0. The second kappa shape index (κ2) is 5.41. The SMILES string of the molecule is O=C(NCc1cc2c(s1)CCC2)C1CCNCC1. The molecule has 0 bridgehead atoms. The molecule has 2 heterocycles. The third-order valence-electron chi connectivity index (χ3n) is 3.94. The van der Waals surface area contributed by atoms with Crippen molar-refractivity contribution >= 4 is 17.2 Å². The summed E-state index contributed by atoms with van der Waals surface area (Å²) in [6.45, 7) is 2.68. The number of hydrogen-bond donors (Lipinski definition) is 2. The molecular formula is C14H20N2OS. The predicted molar refractivity (Wildman–Crippen MR) is 73.8 cm³/mol. The third kappa shape index (κ3) is 2.59. The van der Waals surface area contributed by atoms with E-state index in [1.165, 1.54) is 29.7 Å². The molecule has 4 heteroatoms. The van der Waals surface area contributed by atoms with Crippen molar-refractivity contribution in [3.63, 3.8) is 0 Å². The Labute approximate surface area is 112 Å². The van der Waals surface area contributed by atoms with Gasteiger partial charge in [-0.2, -0.15) is 0 Å². The van der Waals surface area contributed by atoms with E-state index in [1.807, 2.05) is 11.3 Å². The topological polar surface area (TPSA) is 41.1 Å². The number of piperidine rings is 1. The number of carbonyl (C=O) groups is 1. The summed E-state index contributed by atoms with van der Waals surface area (Å²) in [4.78, 5) is 14.9. The van der Waals surface area contributed by atoms with Gasteiger partial charge in [0.2, 0.25) is 5.91 Å². The van der Waals surface area contributed by atoms with Gasteiger partial charge in [-0.1, -0.05) is 0 Å². The Morgan fingerprint density at radius 1 is 1.39 bits per heavy atom. The lowest BCUT2D eigenvalue weighted by atomic mass is 9.97. The molecule has 0 atom stereocenters. The molecule has 3 nitrogen and oxygen atoms in total. The summed E-state index contributed by atoms with van der Waals surface area (Å²) in [5.41, 5.74) is 1.52. The quantitative estimate of drug-likeness (QED) is 0.875. The summed E-state index contributed by atoms with van der Waals surface area (Å²) in [5.74, 6) is 0.461. The fourth-order valence-electron chi connectivity index (χ4n) is 2.88. The van der Waals surface area contributed by atoms with Gasteiger partial charge in [0.1, 0.15) is 0 Å². The molecule has 0 unspecified atom stereocenters. The minimum Gasteiger partial charge on any atom is -0.351 e. The molecule has 1 aromatic heterocycles. The lowest BCUT2D eigenvalue weighted by Crippen LogP contribution is -2.37. The average molecular weight is 264 g/mol. The minimum absolute atomic E-state index is 0.220. The molecule has 0 spiro atoms. The maximum absolute atomic E-state index is 12.0. The van der Waals surface area contributed by atoms with Crippen LogP contribution >= 0.6 is 11.3 Å². The van der Waals surface area contributed by atoms with Gasteiger partial charge in [0.25, 0.3) is 0 Å². The first-order valence-corrected chi connectivity index (χ1v) is 7.73. The first kappa shape index (κ1) is 12.2. The van der Waals surface area contributed by atoms with Crippen LogP contribution in [0, 0.1) is 5.92 Å². The van der Waals surface area contributed by atoms with Crippen LogP contribution in [0.3, 0.4) is 0 Å². The fraction of sp³-hybridized carbons (Fsp3) is 0.643. The van der Waals surface area contributed by atoms with Crippen LogP contribution in [0.2, 0.25) is 0 Å². The zero-order chi connectivity index (χ0) is 12.4. The van der Waals surface area contributed by atoms with Crippen molar-refractivity contribution in [2.75, 3.05) is 13.1 Å². The average Bonchev–Trinajstić information content (AvgIpc) is 2.97. The predicted octanol–water partition coefficient (Wildman–Crippen LogP) is 1.85. The Hall–Kier alpha value is -0.870. The molecule has 0 aromatic carbocycles. The van der Waals surface area contributed by atoms with Crippen LogP contribution in [0.5, 0.6) is 0 Å². The van der Waals surface area contributed by atoms with E-state index in [-0.39, 0.29) is 11.8 Å². The summed E-state index contributed by atoms with van der Waals surface area (Å²) in [6, 6.07) is 2.29. The van der Waals surface area contributed by atoms with Crippen LogP contribution in [0.4, 0.5) is 0 Å². The maximum Gasteiger partial charge on any atom is 0.223 e. The molecule has 1 amide bonds. The van der Waals surface area contributed by atoms with Gasteiger partial charge in [-0.25, -0.2) is 0 Å². The third-order valence-corrected chi connectivity index (χ3v) is 5.18. The Kier molecular flexibility index (Phi) is 3.66. The number of fused-ring (bicyclic) bond motifs is 1. The molecule has 98 valence electrons. The molecule has 1 aliphatic carbocycles. The maximum atomic E-state index is 12.0. The molecule has 2 N–H and O–H groups in total. The molecule has 18 heavy (non-hydrogen) atoms. The molecule has 1 fully saturated rings. The van der Waals surface area contributed by atoms with Gasteiger partial charge in [-0.05, 0) is 56.8 Å². The van der Waals surface area contributed by atoms with Gasteiger partial charge in [0.05, 0.1) is 6.54 Å². The summed E-state index contributed by atoms with van der Waals surface area (Å²) >= 11 is 1.88. The van der Waals surface area contributed by atoms with Crippen LogP contribution in [0.15, 0.2) is 6.07 Å². The van der Waals surface area contributed by atoms with Gasteiger partial charge in [0, 0.05) is 15.7 Å². The van der Waals surface area contributed by atoms with Crippen molar-refractivity contribution in [2.24, 2.45) is 5.92 Å². The van der Waals surface area contributed by atoms with E-state index in [9.17, 15) is 4.79 Å². The summed E-state index contributed by atoms with van der Waals surface area (Å²) in [5, 5.41) is 6.39. The van der Waals surface area contributed by atoms with Crippen molar-refractivity contribution in [3.8, 4) is 0 Å². The molecule has 1 aliphatic heterocycles. The van der Waals surface area contributed by atoms with Crippen LogP contribution in [-0.4, -0.2) is 19.0 Å². The van der Waals surface area contributed by atoms with Crippen molar-refractivity contribution in [1.29, 1.82) is 0 Å². The van der Waals surface area contributed by atoms with Crippen molar-refractivity contribution in [2.45, 2.75) is 38.6 Å². The number of rotatable bonds is 3.